The Hall–Kier alpha value is -1.39. The molecule has 6 heteroatoms. The molecule has 0 aromatic heterocycles. The third-order valence-electron chi connectivity index (χ3n) is 3.47. The molecular formula is C15H19NO4S. The molecule has 1 heterocycles. The average Bonchev–Trinajstić information content (AvgIpc) is 2.99. The van der Waals surface area contributed by atoms with Crippen molar-refractivity contribution in [3.05, 3.63) is 29.8 Å². The number of nitrogens with one attached hydrogen (secondary N) is 1. The monoisotopic (exact) mass is 309 g/mol. The molecule has 0 aliphatic carbocycles. The third-order valence-corrected chi connectivity index (χ3v) is 5.03. The molecule has 0 saturated carbocycles. The second-order valence-electron chi connectivity index (χ2n) is 5.02. The Morgan fingerprint density at radius 2 is 2.33 bits per heavy atom. The van der Waals surface area contributed by atoms with Gasteiger partial charge in [-0.3, -0.25) is 0 Å². The molecule has 114 valence electrons. The summed E-state index contributed by atoms with van der Waals surface area (Å²) in [6, 6.07) is 6.20. The molecule has 1 fully saturated rings. The van der Waals surface area contributed by atoms with E-state index in [-0.39, 0.29) is 23.5 Å². The number of aliphatic hydroxyl groups is 1. The summed E-state index contributed by atoms with van der Waals surface area (Å²) < 4.78 is 32.7. The van der Waals surface area contributed by atoms with Crippen molar-refractivity contribution in [2.24, 2.45) is 5.92 Å². The topological polar surface area (TPSA) is 75.6 Å². The van der Waals surface area contributed by atoms with Crippen LogP contribution in [0.15, 0.2) is 29.2 Å². The number of hydrogen-bond donors (Lipinski definition) is 2. The molecule has 0 bridgehead atoms. The van der Waals surface area contributed by atoms with Crippen LogP contribution in [-0.4, -0.2) is 39.4 Å². The third kappa shape index (κ3) is 4.29. The van der Waals surface area contributed by atoms with Crippen molar-refractivity contribution in [3.63, 3.8) is 0 Å². The summed E-state index contributed by atoms with van der Waals surface area (Å²) in [5.74, 6) is 5.41. The highest BCUT2D eigenvalue weighted by molar-refractivity contribution is 7.89. The van der Waals surface area contributed by atoms with E-state index < -0.39 is 10.0 Å². The van der Waals surface area contributed by atoms with Crippen molar-refractivity contribution in [1.29, 1.82) is 0 Å². The second-order valence-corrected chi connectivity index (χ2v) is 6.74. The molecule has 0 spiro atoms. The van der Waals surface area contributed by atoms with Gasteiger partial charge in [-0.25, -0.2) is 13.1 Å². The van der Waals surface area contributed by atoms with Crippen LogP contribution in [-0.2, 0) is 14.8 Å². The molecule has 0 amide bonds. The zero-order valence-corrected chi connectivity index (χ0v) is 12.7. The van der Waals surface area contributed by atoms with E-state index in [4.69, 9.17) is 9.84 Å². The normalized spacial score (nSPS) is 19.8. The van der Waals surface area contributed by atoms with E-state index >= 15 is 0 Å². The van der Waals surface area contributed by atoms with Crippen LogP contribution < -0.4 is 4.72 Å². The molecule has 2 rings (SSSR count). The molecule has 1 aromatic rings. The van der Waals surface area contributed by atoms with Gasteiger partial charge in [0.05, 0.1) is 11.5 Å². The van der Waals surface area contributed by atoms with Crippen molar-refractivity contribution in [2.75, 3.05) is 19.8 Å². The van der Waals surface area contributed by atoms with Crippen LogP contribution in [0.3, 0.4) is 0 Å². The summed E-state index contributed by atoms with van der Waals surface area (Å²) in [6.07, 6.45) is 0.867. The maximum absolute atomic E-state index is 12.4. The van der Waals surface area contributed by atoms with Gasteiger partial charge in [0.1, 0.15) is 6.61 Å². The van der Waals surface area contributed by atoms with Crippen molar-refractivity contribution >= 4 is 10.0 Å². The molecule has 2 atom stereocenters. The van der Waals surface area contributed by atoms with E-state index in [1.807, 2.05) is 6.92 Å². The Morgan fingerprint density at radius 3 is 3.00 bits per heavy atom. The van der Waals surface area contributed by atoms with Gasteiger partial charge in [-0.1, -0.05) is 17.9 Å². The zero-order valence-electron chi connectivity index (χ0n) is 11.9. The number of benzene rings is 1. The van der Waals surface area contributed by atoms with Crippen molar-refractivity contribution in [1.82, 2.24) is 4.72 Å². The molecule has 5 nitrogen and oxygen atoms in total. The number of sulfonamides is 1. The fourth-order valence-corrected chi connectivity index (χ4v) is 3.60. The first-order chi connectivity index (χ1) is 10.0. The minimum Gasteiger partial charge on any atom is -0.384 e. The van der Waals surface area contributed by atoms with Gasteiger partial charge in [-0.15, -0.1) is 0 Å². The Morgan fingerprint density at radius 1 is 1.52 bits per heavy atom. The van der Waals surface area contributed by atoms with E-state index in [1.165, 1.54) is 12.1 Å². The maximum Gasteiger partial charge on any atom is 0.240 e. The summed E-state index contributed by atoms with van der Waals surface area (Å²) in [4.78, 5) is 0.179. The van der Waals surface area contributed by atoms with Gasteiger partial charge >= 0.3 is 0 Å². The van der Waals surface area contributed by atoms with Gasteiger partial charge in [0.2, 0.25) is 10.0 Å². The SMILES string of the molecule is CC(NS(=O)(=O)c1cccc(C#CCO)c1)C1CCOC1. The molecule has 2 N–H and O–H groups in total. The van der Waals surface area contributed by atoms with Crippen LogP contribution in [0.4, 0.5) is 0 Å². The van der Waals surface area contributed by atoms with Gasteiger partial charge in [-0.2, -0.15) is 0 Å². The van der Waals surface area contributed by atoms with Crippen LogP contribution in [0.2, 0.25) is 0 Å². The standard InChI is InChI=1S/C15H19NO4S/c1-12(14-7-9-20-11-14)16-21(18,19)15-6-2-4-13(10-15)5-3-8-17/h2,4,6,10,12,14,16-17H,7-9,11H2,1H3. The van der Waals surface area contributed by atoms with Crippen LogP contribution in [0, 0.1) is 17.8 Å². The second kappa shape index (κ2) is 7.05. The number of hydrogen-bond acceptors (Lipinski definition) is 4. The van der Waals surface area contributed by atoms with Gasteiger partial charge in [0.25, 0.3) is 0 Å². The highest BCUT2D eigenvalue weighted by Gasteiger charge is 2.26. The van der Waals surface area contributed by atoms with Crippen LogP contribution in [0.5, 0.6) is 0 Å². The zero-order chi connectivity index (χ0) is 15.3. The summed E-state index contributed by atoms with van der Waals surface area (Å²) in [5, 5.41) is 8.68. The lowest BCUT2D eigenvalue weighted by atomic mass is 10.0. The lowest BCUT2D eigenvalue weighted by Crippen LogP contribution is -2.38. The number of aliphatic hydroxyl groups excluding tert-OH is 1. The molecular weight excluding hydrogens is 290 g/mol. The fourth-order valence-electron chi connectivity index (χ4n) is 2.24. The van der Waals surface area contributed by atoms with Crippen LogP contribution >= 0.6 is 0 Å². The lowest BCUT2D eigenvalue weighted by Gasteiger charge is -2.19. The molecule has 21 heavy (non-hydrogen) atoms. The minimum absolute atomic E-state index is 0.176. The number of rotatable bonds is 4. The Bertz CT molecular complexity index is 639. The lowest BCUT2D eigenvalue weighted by molar-refractivity contribution is 0.180. The van der Waals surface area contributed by atoms with Gasteiger partial charge < -0.3 is 9.84 Å². The first kappa shape index (κ1) is 16.0. The molecule has 0 radical (unpaired) electrons. The highest BCUT2D eigenvalue weighted by atomic mass is 32.2. The molecule has 1 aliphatic rings. The first-order valence-electron chi connectivity index (χ1n) is 6.83. The van der Waals surface area contributed by atoms with E-state index in [0.717, 1.165) is 6.42 Å². The maximum atomic E-state index is 12.4. The predicted molar refractivity (Wildman–Crippen MR) is 79.1 cm³/mol. The van der Waals surface area contributed by atoms with Crippen LogP contribution in [0.25, 0.3) is 0 Å². The van der Waals surface area contributed by atoms with Crippen molar-refractivity contribution in [3.8, 4) is 11.8 Å². The highest BCUT2D eigenvalue weighted by Crippen LogP contribution is 2.19. The smallest absolute Gasteiger partial charge is 0.240 e. The van der Waals surface area contributed by atoms with Crippen LogP contribution in [0.1, 0.15) is 18.9 Å². The Kier molecular flexibility index (Phi) is 5.37. The van der Waals surface area contributed by atoms with E-state index in [1.54, 1.807) is 12.1 Å². The Labute approximate surface area is 125 Å². The minimum atomic E-state index is -3.58. The summed E-state index contributed by atoms with van der Waals surface area (Å²) in [5.41, 5.74) is 0.559. The van der Waals surface area contributed by atoms with Crippen molar-refractivity contribution in [2.45, 2.75) is 24.3 Å². The first-order valence-corrected chi connectivity index (χ1v) is 8.31. The number of ether oxygens (including phenoxy) is 1. The van der Waals surface area contributed by atoms with Gasteiger partial charge in [0, 0.05) is 24.1 Å². The molecule has 1 aliphatic heterocycles. The van der Waals surface area contributed by atoms with Gasteiger partial charge in [-0.05, 0) is 31.5 Å². The van der Waals surface area contributed by atoms with Crippen molar-refractivity contribution < 1.29 is 18.3 Å². The quantitative estimate of drug-likeness (QED) is 0.804. The fraction of sp³-hybridized carbons (Fsp3) is 0.467. The van der Waals surface area contributed by atoms with E-state index in [0.29, 0.717) is 18.8 Å². The molecule has 1 saturated heterocycles. The predicted octanol–water partition coefficient (Wildman–Crippen LogP) is 0.734. The van der Waals surface area contributed by atoms with E-state index in [2.05, 4.69) is 16.6 Å². The molecule has 1 aromatic carbocycles. The summed E-state index contributed by atoms with van der Waals surface area (Å²) in [7, 11) is -3.58. The largest absolute Gasteiger partial charge is 0.384 e. The van der Waals surface area contributed by atoms with Gasteiger partial charge in [0.15, 0.2) is 0 Å². The Balaban J connectivity index is 2.15. The molecule has 2 unspecified atom stereocenters. The summed E-state index contributed by atoms with van der Waals surface area (Å²) >= 11 is 0. The van der Waals surface area contributed by atoms with E-state index in [9.17, 15) is 8.42 Å². The average molecular weight is 309 g/mol. The summed E-state index contributed by atoms with van der Waals surface area (Å²) in [6.45, 7) is 2.87.